The summed E-state index contributed by atoms with van der Waals surface area (Å²) < 4.78 is 43.3. The third-order valence-corrected chi connectivity index (χ3v) is 6.21. The Morgan fingerprint density at radius 1 is 1.40 bits per heavy atom. The average molecular weight is 397 g/mol. The summed E-state index contributed by atoms with van der Waals surface area (Å²) in [5, 5.41) is 7.72. The lowest BCUT2D eigenvalue weighted by Crippen LogP contribution is -2.48. The lowest BCUT2D eigenvalue weighted by molar-refractivity contribution is -0.140. The Hall–Kier alpha value is -1.00. The molecule has 1 saturated heterocycles. The Bertz CT molecular complexity index is 566. The van der Waals surface area contributed by atoms with E-state index in [1.165, 1.54) is 0 Å². The molecule has 0 amide bonds. The second-order valence-electron chi connectivity index (χ2n) is 5.63. The number of nitrogens with zero attached hydrogens (tertiary/aromatic N) is 2. The molecule has 10 heteroatoms. The number of ether oxygens (including phenoxy) is 1. The lowest BCUT2D eigenvalue weighted by Gasteiger charge is -2.37. The van der Waals surface area contributed by atoms with E-state index in [0.717, 1.165) is 55.1 Å². The van der Waals surface area contributed by atoms with Gasteiger partial charge in [0.05, 0.1) is 6.54 Å². The van der Waals surface area contributed by atoms with Gasteiger partial charge in [0.15, 0.2) is 11.7 Å². The monoisotopic (exact) mass is 396 g/mol. The van der Waals surface area contributed by atoms with Gasteiger partial charge in [-0.3, -0.25) is 4.99 Å². The van der Waals surface area contributed by atoms with E-state index in [-0.39, 0.29) is 11.3 Å². The summed E-state index contributed by atoms with van der Waals surface area (Å²) in [6, 6.07) is 0. The summed E-state index contributed by atoms with van der Waals surface area (Å²) in [6.45, 7) is 4.58. The van der Waals surface area contributed by atoms with E-state index in [2.05, 4.69) is 27.5 Å². The highest BCUT2D eigenvalue weighted by atomic mass is 32.2. The van der Waals surface area contributed by atoms with Crippen LogP contribution < -0.4 is 10.6 Å². The Balaban J connectivity index is 1.87. The summed E-state index contributed by atoms with van der Waals surface area (Å²) in [4.78, 5) is 7.75. The van der Waals surface area contributed by atoms with Crippen molar-refractivity contribution in [2.24, 2.45) is 4.99 Å². The second kappa shape index (κ2) is 9.09. The number of halogens is 3. The molecule has 1 aromatic heterocycles. The number of aromatic nitrogens is 1. The van der Waals surface area contributed by atoms with Crippen molar-refractivity contribution in [1.82, 2.24) is 15.6 Å². The third kappa shape index (κ3) is 6.03. The number of rotatable bonds is 6. The molecule has 0 aromatic carbocycles. The number of thioether (sulfide) groups is 1. The minimum Gasteiger partial charge on any atom is -0.381 e. The maximum absolute atomic E-state index is 12.6. The molecular weight excluding hydrogens is 373 g/mol. The highest BCUT2D eigenvalue weighted by Crippen LogP contribution is 2.34. The van der Waals surface area contributed by atoms with Gasteiger partial charge < -0.3 is 15.4 Å². The zero-order valence-corrected chi connectivity index (χ0v) is 15.9. The van der Waals surface area contributed by atoms with Crippen LogP contribution in [0, 0.1) is 0 Å². The minimum atomic E-state index is -4.40. The van der Waals surface area contributed by atoms with Crippen molar-refractivity contribution in [3.63, 3.8) is 0 Å². The van der Waals surface area contributed by atoms with E-state index in [1.54, 1.807) is 7.05 Å². The van der Waals surface area contributed by atoms with Crippen LogP contribution in [0.5, 0.6) is 0 Å². The Kier molecular flexibility index (Phi) is 7.38. The van der Waals surface area contributed by atoms with Crippen molar-refractivity contribution in [3.05, 3.63) is 16.1 Å². The smallest absolute Gasteiger partial charge is 0.381 e. The fourth-order valence-corrected chi connectivity index (χ4v) is 4.55. The molecule has 1 fully saturated rings. The molecule has 1 aliphatic rings. The highest BCUT2D eigenvalue weighted by Gasteiger charge is 2.34. The molecule has 0 atom stereocenters. The fraction of sp³-hybridized carbons (Fsp3) is 0.733. The van der Waals surface area contributed by atoms with Crippen LogP contribution in [0.4, 0.5) is 13.2 Å². The van der Waals surface area contributed by atoms with Crippen molar-refractivity contribution < 1.29 is 17.9 Å². The van der Waals surface area contributed by atoms with E-state index < -0.39 is 11.9 Å². The molecule has 0 spiro atoms. The van der Waals surface area contributed by atoms with Crippen molar-refractivity contribution in [3.8, 4) is 0 Å². The Morgan fingerprint density at radius 2 is 2.12 bits per heavy atom. The zero-order chi connectivity index (χ0) is 18.3. The van der Waals surface area contributed by atoms with Crippen LogP contribution in [0.1, 0.15) is 30.5 Å². The van der Waals surface area contributed by atoms with Gasteiger partial charge in [0.1, 0.15) is 5.01 Å². The molecule has 1 aliphatic heterocycles. The molecule has 2 N–H and O–H groups in total. The van der Waals surface area contributed by atoms with E-state index in [9.17, 15) is 13.2 Å². The predicted octanol–water partition coefficient (Wildman–Crippen LogP) is 3.13. The van der Waals surface area contributed by atoms with Gasteiger partial charge in [-0.25, -0.2) is 4.98 Å². The highest BCUT2D eigenvalue weighted by molar-refractivity contribution is 8.00. The summed E-state index contributed by atoms with van der Waals surface area (Å²) in [6.07, 6.45) is -2.46. The third-order valence-electron chi connectivity index (χ3n) is 3.91. The topological polar surface area (TPSA) is 58.5 Å². The lowest BCUT2D eigenvalue weighted by atomic mass is 9.99. The van der Waals surface area contributed by atoms with Crippen LogP contribution in [-0.2, 0) is 17.5 Å². The minimum absolute atomic E-state index is 0.106. The molecule has 0 unspecified atom stereocenters. The zero-order valence-electron chi connectivity index (χ0n) is 14.3. The van der Waals surface area contributed by atoms with Crippen molar-refractivity contribution in [2.45, 2.75) is 37.2 Å². The van der Waals surface area contributed by atoms with Crippen LogP contribution in [-0.4, -0.2) is 48.2 Å². The fourth-order valence-electron chi connectivity index (χ4n) is 2.57. The first kappa shape index (κ1) is 20.3. The first-order valence-corrected chi connectivity index (χ1v) is 9.93. The van der Waals surface area contributed by atoms with Crippen molar-refractivity contribution >= 4 is 29.1 Å². The SMILES string of the molecule is CCSC1(CNC(=NC)NCc2nc(C(F)(F)F)cs2)CCOCC1. The summed E-state index contributed by atoms with van der Waals surface area (Å²) in [5.74, 6) is 1.58. The number of alkyl halides is 3. The second-order valence-corrected chi connectivity index (χ2v) is 8.31. The molecule has 2 rings (SSSR count). The maximum atomic E-state index is 12.6. The molecule has 0 aliphatic carbocycles. The van der Waals surface area contributed by atoms with Gasteiger partial charge in [-0.05, 0) is 18.6 Å². The van der Waals surface area contributed by atoms with Crippen LogP contribution >= 0.6 is 23.1 Å². The molecule has 5 nitrogen and oxygen atoms in total. The van der Waals surface area contributed by atoms with E-state index in [0.29, 0.717) is 11.0 Å². The van der Waals surface area contributed by atoms with E-state index >= 15 is 0 Å². The van der Waals surface area contributed by atoms with Gasteiger partial charge in [0.25, 0.3) is 0 Å². The van der Waals surface area contributed by atoms with Gasteiger partial charge in [0.2, 0.25) is 0 Å². The van der Waals surface area contributed by atoms with E-state index in [4.69, 9.17) is 4.74 Å². The Morgan fingerprint density at radius 3 is 2.68 bits per heavy atom. The largest absolute Gasteiger partial charge is 0.434 e. The molecule has 2 heterocycles. The first-order valence-electron chi connectivity index (χ1n) is 8.06. The number of aliphatic imine (C=N–C) groups is 1. The van der Waals surface area contributed by atoms with Crippen LogP contribution in [0.3, 0.4) is 0 Å². The van der Waals surface area contributed by atoms with Crippen molar-refractivity contribution in [2.75, 3.05) is 32.6 Å². The number of thiazole rings is 1. The van der Waals surface area contributed by atoms with Crippen LogP contribution in [0.15, 0.2) is 10.4 Å². The molecule has 25 heavy (non-hydrogen) atoms. The summed E-state index contributed by atoms with van der Waals surface area (Å²) >= 11 is 2.90. The Labute approximate surface area is 153 Å². The molecule has 0 radical (unpaired) electrons. The summed E-state index contributed by atoms with van der Waals surface area (Å²) in [5.41, 5.74) is -0.849. The van der Waals surface area contributed by atoms with Crippen LogP contribution in [0.2, 0.25) is 0 Å². The molecule has 0 bridgehead atoms. The van der Waals surface area contributed by atoms with Gasteiger partial charge in [0, 0.05) is 36.9 Å². The van der Waals surface area contributed by atoms with Crippen molar-refractivity contribution in [1.29, 1.82) is 0 Å². The molecule has 0 saturated carbocycles. The predicted molar refractivity (Wildman–Crippen MR) is 96.2 cm³/mol. The quantitative estimate of drug-likeness (QED) is 0.572. The average Bonchev–Trinajstić information content (AvgIpc) is 3.05. The van der Waals surface area contributed by atoms with Gasteiger partial charge >= 0.3 is 6.18 Å². The normalized spacial score (nSPS) is 18.2. The standard InChI is InChI=1S/C15H23F3N4OS2/c1-3-25-14(4-6-23-7-5-14)10-21-13(19-2)20-8-12-22-11(9-24-12)15(16,17)18/h9H,3-8,10H2,1-2H3,(H2,19,20,21). The number of hydrogen-bond acceptors (Lipinski definition) is 5. The number of guanidine groups is 1. The first-order chi connectivity index (χ1) is 11.9. The van der Waals surface area contributed by atoms with Crippen LogP contribution in [0.25, 0.3) is 0 Å². The van der Waals surface area contributed by atoms with Gasteiger partial charge in [-0.2, -0.15) is 24.9 Å². The van der Waals surface area contributed by atoms with Gasteiger partial charge in [-0.1, -0.05) is 6.92 Å². The van der Waals surface area contributed by atoms with E-state index in [1.807, 2.05) is 11.8 Å². The number of nitrogens with one attached hydrogen (secondary N) is 2. The molecule has 1 aromatic rings. The molecular formula is C15H23F3N4OS2. The van der Waals surface area contributed by atoms with Gasteiger partial charge in [-0.15, -0.1) is 11.3 Å². The molecule has 142 valence electrons. The maximum Gasteiger partial charge on any atom is 0.434 e. The summed E-state index contributed by atoms with van der Waals surface area (Å²) in [7, 11) is 1.64. The number of hydrogen-bond donors (Lipinski definition) is 2.